The number of carbonyl (C=O) groups is 4. The Morgan fingerprint density at radius 1 is 1.31 bits per heavy atom. The van der Waals surface area contributed by atoms with Crippen molar-refractivity contribution >= 4 is 41.3 Å². The molecule has 0 radical (unpaired) electrons. The van der Waals surface area contributed by atoms with Crippen molar-refractivity contribution < 1.29 is 23.9 Å². The number of nitrogens with one attached hydrogen (secondary N) is 2. The molecule has 0 unspecified atom stereocenters. The van der Waals surface area contributed by atoms with E-state index in [0.29, 0.717) is 18.5 Å². The summed E-state index contributed by atoms with van der Waals surface area (Å²) in [6.07, 6.45) is 0.820. The van der Waals surface area contributed by atoms with Gasteiger partial charge in [0.05, 0.1) is 0 Å². The lowest BCUT2D eigenvalue weighted by Gasteiger charge is -2.22. The second-order valence-corrected chi connectivity index (χ2v) is 7.35. The highest BCUT2D eigenvalue weighted by molar-refractivity contribution is 8.03. The highest BCUT2D eigenvalue weighted by Crippen LogP contribution is 2.25. The van der Waals surface area contributed by atoms with Crippen molar-refractivity contribution in [1.82, 2.24) is 10.2 Å². The van der Waals surface area contributed by atoms with Crippen molar-refractivity contribution in [3.05, 3.63) is 23.8 Å². The fourth-order valence-electron chi connectivity index (χ4n) is 2.95. The number of hydrogen-bond acceptors (Lipinski definition) is 7. The van der Waals surface area contributed by atoms with Gasteiger partial charge < -0.3 is 15.4 Å². The number of thiocyanates is 1. The molecule has 9 nitrogen and oxygen atoms in total. The van der Waals surface area contributed by atoms with Gasteiger partial charge in [0, 0.05) is 10.6 Å². The normalized spacial score (nSPS) is 14.9. The van der Waals surface area contributed by atoms with Crippen molar-refractivity contribution in [2.75, 3.05) is 18.5 Å². The first kappa shape index (κ1) is 22.2. The lowest BCUT2D eigenvalue weighted by atomic mass is 9.93. The van der Waals surface area contributed by atoms with Crippen LogP contribution in [0.4, 0.5) is 10.5 Å². The molecule has 0 aliphatic carbocycles. The Kier molecular flexibility index (Phi) is 7.23. The van der Waals surface area contributed by atoms with Gasteiger partial charge in [0.2, 0.25) is 0 Å². The van der Waals surface area contributed by atoms with Crippen LogP contribution in [-0.4, -0.2) is 47.4 Å². The molecule has 1 aliphatic heterocycles. The zero-order valence-corrected chi connectivity index (χ0v) is 17.2. The number of nitrogens with zero attached hydrogens (tertiary/aromatic N) is 2. The highest BCUT2D eigenvalue weighted by Gasteiger charge is 2.49. The standard InChI is InChI=1S/C19H22N4O5S/c1-4-19(5-2)17(26)23(18(27)22-19)9-16(25)28-10-15(24)21-14-7-6-13(29-11-20)8-12(14)3/h6-8H,4-5,9-10H2,1-3H3,(H,21,24)(H,22,27). The number of anilines is 1. The maximum absolute atomic E-state index is 12.5. The molecule has 0 atom stereocenters. The van der Waals surface area contributed by atoms with E-state index < -0.39 is 42.5 Å². The van der Waals surface area contributed by atoms with Crippen molar-refractivity contribution in [3.8, 4) is 5.40 Å². The molecule has 1 fully saturated rings. The van der Waals surface area contributed by atoms with Crippen molar-refractivity contribution in [1.29, 1.82) is 5.26 Å². The van der Waals surface area contributed by atoms with E-state index in [4.69, 9.17) is 10.00 Å². The van der Waals surface area contributed by atoms with Crippen LogP contribution >= 0.6 is 11.8 Å². The number of benzene rings is 1. The summed E-state index contributed by atoms with van der Waals surface area (Å²) in [5.74, 6) is -1.89. The molecule has 1 aliphatic rings. The van der Waals surface area contributed by atoms with E-state index >= 15 is 0 Å². The predicted molar refractivity (Wildman–Crippen MR) is 106 cm³/mol. The second kappa shape index (κ2) is 9.43. The summed E-state index contributed by atoms with van der Waals surface area (Å²) in [5, 5.41) is 15.9. The quantitative estimate of drug-likeness (QED) is 0.286. The number of esters is 1. The summed E-state index contributed by atoms with van der Waals surface area (Å²) >= 11 is 1.01. The van der Waals surface area contributed by atoms with Gasteiger partial charge in [0.1, 0.15) is 17.5 Å². The first-order chi connectivity index (χ1) is 13.8. The van der Waals surface area contributed by atoms with Gasteiger partial charge >= 0.3 is 12.0 Å². The molecule has 1 heterocycles. The fourth-order valence-corrected chi connectivity index (χ4v) is 3.43. The summed E-state index contributed by atoms with van der Waals surface area (Å²) < 4.78 is 4.90. The van der Waals surface area contributed by atoms with E-state index in [0.717, 1.165) is 27.1 Å². The minimum atomic E-state index is -0.998. The minimum absolute atomic E-state index is 0.410. The molecule has 0 bridgehead atoms. The predicted octanol–water partition coefficient (Wildman–Crippen LogP) is 2.16. The van der Waals surface area contributed by atoms with E-state index in [2.05, 4.69) is 10.6 Å². The Morgan fingerprint density at radius 3 is 2.55 bits per heavy atom. The molecule has 2 rings (SSSR count). The van der Waals surface area contributed by atoms with Gasteiger partial charge in [-0.1, -0.05) is 13.8 Å². The SMILES string of the molecule is CCC1(CC)NC(=O)N(CC(=O)OCC(=O)Nc2ccc(SC#N)cc2C)C1=O. The minimum Gasteiger partial charge on any atom is -0.454 e. The van der Waals surface area contributed by atoms with Gasteiger partial charge in [0.15, 0.2) is 6.61 Å². The number of hydrogen-bond donors (Lipinski definition) is 2. The van der Waals surface area contributed by atoms with E-state index in [9.17, 15) is 19.2 Å². The van der Waals surface area contributed by atoms with Gasteiger partial charge in [-0.25, -0.2) is 4.79 Å². The van der Waals surface area contributed by atoms with Gasteiger partial charge in [-0.05, 0) is 55.3 Å². The van der Waals surface area contributed by atoms with Gasteiger partial charge in [0.25, 0.3) is 11.8 Å². The van der Waals surface area contributed by atoms with E-state index in [1.165, 1.54) is 0 Å². The Hall–Kier alpha value is -3.06. The lowest BCUT2D eigenvalue weighted by Crippen LogP contribution is -2.46. The number of amides is 4. The molecule has 10 heteroatoms. The van der Waals surface area contributed by atoms with Gasteiger partial charge in [-0.15, -0.1) is 0 Å². The molecule has 1 aromatic rings. The second-order valence-electron chi connectivity index (χ2n) is 6.49. The number of nitriles is 1. The first-order valence-corrected chi connectivity index (χ1v) is 9.84. The molecule has 2 N–H and O–H groups in total. The molecule has 1 aromatic carbocycles. The van der Waals surface area contributed by atoms with Crippen LogP contribution in [-0.2, 0) is 19.1 Å². The number of thioether (sulfide) groups is 1. The molecular weight excluding hydrogens is 396 g/mol. The maximum atomic E-state index is 12.5. The van der Waals surface area contributed by atoms with Crippen molar-refractivity contribution in [2.45, 2.75) is 44.0 Å². The lowest BCUT2D eigenvalue weighted by molar-refractivity contribution is -0.150. The molecule has 29 heavy (non-hydrogen) atoms. The number of imide groups is 1. The molecule has 0 saturated carbocycles. The van der Waals surface area contributed by atoms with Crippen LogP contribution in [0.5, 0.6) is 0 Å². The monoisotopic (exact) mass is 418 g/mol. The maximum Gasteiger partial charge on any atom is 0.326 e. The molecule has 4 amide bonds. The topological polar surface area (TPSA) is 129 Å². The summed E-state index contributed by atoms with van der Waals surface area (Å²) in [5.41, 5.74) is 0.278. The Bertz CT molecular complexity index is 876. The summed E-state index contributed by atoms with van der Waals surface area (Å²) in [6.45, 7) is 4.22. The summed E-state index contributed by atoms with van der Waals surface area (Å²) in [4.78, 5) is 50.1. The van der Waals surface area contributed by atoms with E-state index in [1.807, 2.05) is 5.40 Å². The zero-order chi connectivity index (χ0) is 21.6. The van der Waals surface area contributed by atoms with Crippen LogP contribution in [0, 0.1) is 17.6 Å². The Labute approximate surface area is 172 Å². The van der Waals surface area contributed by atoms with Crippen LogP contribution in [0.2, 0.25) is 0 Å². The zero-order valence-electron chi connectivity index (χ0n) is 16.4. The molecule has 154 valence electrons. The number of ether oxygens (including phenoxy) is 1. The number of urea groups is 1. The van der Waals surface area contributed by atoms with E-state index in [-0.39, 0.29) is 0 Å². The van der Waals surface area contributed by atoms with Crippen LogP contribution < -0.4 is 10.6 Å². The Morgan fingerprint density at radius 2 is 2.00 bits per heavy atom. The third-order valence-corrected chi connectivity index (χ3v) is 5.32. The smallest absolute Gasteiger partial charge is 0.326 e. The Balaban J connectivity index is 1.88. The van der Waals surface area contributed by atoms with Crippen LogP contribution in [0.25, 0.3) is 0 Å². The van der Waals surface area contributed by atoms with E-state index in [1.54, 1.807) is 39.0 Å². The highest BCUT2D eigenvalue weighted by atomic mass is 32.2. The average molecular weight is 418 g/mol. The molecule has 0 aromatic heterocycles. The summed E-state index contributed by atoms with van der Waals surface area (Å²) in [7, 11) is 0. The summed E-state index contributed by atoms with van der Waals surface area (Å²) in [6, 6.07) is 4.44. The van der Waals surface area contributed by atoms with Gasteiger partial charge in [-0.2, -0.15) is 5.26 Å². The van der Waals surface area contributed by atoms with Crippen molar-refractivity contribution in [2.24, 2.45) is 0 Å². The van der Waals surface area contributed by atoms with Crippen LogP contribution in [0.15, 0.2) is 23.1 Å². The first-order valence-electron chi connectivity index (χ1n) is 9.02. The third kappa shape index (κ3) is 5.06. The third-order valence-electron chi connectivity index (χ3n) is 4.74. The van der Waals surface area contributed by atoms with Crippen LogP contribution in [0.1, 0.15) is 32.3 Å². The molecule has 1 saturated heterocycles. The number of rotatable bonds is 8. The average Bonchev–Trinajstić information content (AvgIpc) is 2.93. The molecular formula is C19H22N4O5S. The van der Waals surface area contributed by atoms with Crippen LogP contribution in [0.3, 0.4) is 0 Å². The number of aryl methyl sites for hydroxylation is 1. The van der Waals surface area contributed by atoms with Crippen molar-refractivity contribution in [3.63, 3.8) is 0 Å². The van der Waals surface area contributed by atoms with Gasteiger partial charge in [-0.3, -0.25) is 19.3 Å². The molecule has 0 spiro atoms. The fraction of sp³-hybridized carbons (Fsp3) is 0.421. The number of carbonyl (C=O) groups excluding carboxylic acids is 4. The largest absolute Gasteiger partial charge is 0.454 e.